The van der Waals surface area contributed by atoms with Gasteiger partial charge >= 0.3 is 5.97 Å². The molecular weight excluding hydrogens is 311 g/mol. The molecule has 6 heteroatoms. The van der Waals surface area contributed by atoms with Gasteiger partial charge in [-0.15, -0.1) is 0 Å². The number of nitrogens with one attached hydrogen (secondary N) is 2. The fourth-order valence-electron chi connectivity index (χ4n) is 2.56. The number of amides is 1. The number of carboxylic acids is 1. The quantitative estimate of drug-likeness (QED) is 0.688. The molecule has 0 saturated carbocycles. The Bertz CT molecular complexity index is 929. The molecule has 3 aromatic rings. The molecule has 0 aliphatic heterocycles. The Labute approximate surface area is 137 Å². The summed E-state index contributed by atoms with van der Waals surface area (Å²) in [6.45, 7) is 1.90. The molecule has 24 heavy (non-hydrogen) atoms. The molecule has 0 radical (unpaired) electrons. The van der Waals surface area contributed by atoms with E-state index in [0.717, 1.165) is 5.56 Å². The fraction of sp³-hybridized carbons (Fsp3) is 0.111. The van der Waals surface area contributed by atoms with Crippen molar-refractivity contribution in [2.24, 2.45) is 0 Å². The molecule has 3 N–H and O–H groups in total. The predicted octanol–water partition coefficient (Wildman–Crippen LogP) is 3.24. The van der Waals surface area contributed by atoms with Crippen molar-refractivity contribution < 1.29 is 19.1 Å². The summed E-state index contributed by atoms with van der Waals surface area (Å²) in [5.41, 5.74) is 2.31. The van der Waals surface area contributed by atoms with Crippen molar-refractivity contribution in [2.45, 2.75) is 13.5 Å². The van der Waals surface area contributed by atoms with E-state index < -0.39 is 11.8 Å². The van der Waals surface area contributed by atoms with Crippen LogP contribution in [-0.4, -0.2) is 22.0 Å². The number of aryl methyl sites for hydroxylation is 1. The normalized spacial score (nSPS) is 10.8. The highest BCUT2D eigenvalue weighted by atomic mass is 19.1. The molecule has 0 atom stereocenters. The van der Waals surface area contributed by atoms with Gasteiger partial charge in [-0.2, -0.15) is 0 Å². The third-order valence-corrected chi connectivity index (χ3v) is 3.82. The van der Waals surface area contributed by atoms with Crippen molar-refractivity contribution in [2.75, 3.05) is 0 Å². The first kappa shape index (κ1) is 15.7. The summed E-state index contributed by atoms with van der Waals surface area (Å²) in [6, 6.07) is 11.0. The van der Waals surface area contributed by atoms with Gasteiger partial charge in [-0.3, -0.25) is 4.79 Å². The summed E-state index contributed by atoms with van der Waals surface area (Å²) in [4.78, 5) is 26.3. The van der Waals surface area contributed by atoms with Gasteiger partial charge in [0.1, 0.15) is 11.5 Å². The van der Waals surface area contributed by atoms with Crippen LogP contribution in [-0.2, 0) is 6.54 Å². The number of carbonyl (C=O) groups excluding carboxylic acids is 1. The van der Waals surface area contributed by atoms with E-state index in [1.54, 1.807) is 12.1 Å². The molecule has 0 spiro atoms. The number of carboxylic acid groups (broad SMARTS) is 1. The van der Waals surface area contributed by atoms with E-state index in [9.17, 15) is 19.1 Å². The zero-order chi connectivity index (χ0) is 17.3. The lowest BCUT2D eigenvalue weighted by Crippen LogP contribution is -2.23. The van der Waals surface area contributed by atoms with Crippen LogP contribution in [0.25, 0.3) is 10.9 Å². The second-order valence-corrected chi connectivity index (χ2v) is 5.52. The monoisotopic (exact) mass is 326 g/mol. The number of carbonyl (C=O) groups is 2. The van der Waals surface area contributed by atoms with Crippen LogP contribution in [0.5, 0.6) is 0 Å². The second kappa shape index (κ2) is 6.16. The van der Waals surface area contributed by atoms with Crippen LogP contribution in [0.1, 0.15) is 32.0 Å². The summed E-state index contributed by atoms with van der Waals surface area (Å²) in [6.07, 6.45) is 0. The molecule has 0 bridgehead atoms. The van der Waals surface area contributed by atoms with E-state index in [-0.39, 0.29) is 18.1 Å². The highest BCUT2D eigenvalue weighted by Gasteiger charge is 2.18. The molecule has 0 fully saturated rings. The molecule has 0 unspecified atom stereocenters. The lowest BCUT2D eigenvalue weighted by atomic mass is 10.1. The number of aromatic carboxylic acids is 1. The molecule has 1 aromatic heterocycles. The van der Waals surface area contributed by atoms with Crippen LogP contribution in [0, 0.1) is 12.7 Å². The Balaban J connectivity index is 1.90. The van der Waals surface area contributed by atoms with E-state index in [2.05, 4.69) is 10.3 Å². The van der Waals surface area contributed by atoms with Gasteiger partial charge in [-0.1, -0.05) is 17.7 Å². The van der Waals surface area contributed by atoms with Gasteiger partial charge in [-0.25, -0.2) is 9.18 Å². The predicted molar refractivity (Wildman–Crippen MR) is 87.6 cm³/mol. The smallest absolute Gasteiger partial charge is 0.352 e. The number of halogens is 1. The number of H-pyrrole nitrogens is 1. The standard InChI is InChI=1S/C18H15FN2O3/c1-10-2-4-11(5-3-10)17(22)20-9-14-13-8-12(19)6-7-15(13)21-16(14)18(23)24/h2-8,21H,9H2,1H3,(H,20,22)(H,23,24). The van der Waals surface area contributed by atoms with Gasteiger partial charge in [0.2, 0.25) is 0 Å². The largest absolute Gasteiger partial charge is 0.477 e. The molecule has 0 aliphatic carbocycles. The zero-order valence-electron chi connectivity index (χ0n) is 12.9. The van der Waals surface area contributed by atoms with Crippen molar-refractivity contribution in [3.8, 4) is 0 Å². The fourth-order valence-corrected chi connectivity index (χ4v) is 2.56. The molecular formula is C18H15FN2O3. The first-order valence-corrected chi connectivity index (χ1v) is 7.34. The second-order valence-electron chi connectivity index (χ2n) is 5.52. The van der Waals surface area contributed by atoms with E-state index in [4.69, 9.17) is 0 Å². The van der Waals surface area contributed by atoms with Gasteiger partial charge in [0.25, 0.3) is 5.91 Å². The third kappa shape index (κ3) is 2.99. The molecule has 1 heterocycles. The van der Waals surface area contributed by atoms with Gasteiger partial charge in [0, 0.05) is 28.6 Å². The van der Waals surface area contributed by atoms with Crippen molar-refractivity contribution in [3.05, 3.63) is 70.7 Å². The molecule has 0 saturated heterocycles. The Morgan fingerprint density at radius 1 is 1.17 bits per heavy atom. The Kier molecular flexibility index (Phi) is 4.04. The SMILES string of the molecule is Cc1ccc(C(=O)NCc2c(C(=O)O)[nH]c3ccc(F)cc23)cc1. The minimum Gasteiger partial charge on any atom is -0.477 e. The lowest BCUT2D eigenvalue weighted by Gasteiger charge is -2.06. The van der Waals surface area contributed by atoms with Crippen molar-refractivity contribution in [1.29, 1.82) is 0 Å². The molecule has 3 rings (SSSR count). The van der Waals surface area contributed by atoms with Crippen molar-refractivity contribution in [3.63, 3.8) is 0 Å². The van der Waals surface area contributed by atoms with Gasteiger partial charge in [0.15, 0.2) is 0 Å². The summed E-state index contributed by atoms with van der Waals surface area (Å²) < 4.78 is 13.5. The Morgan fingerprint density at radius 3 is 2.54 bits per heavy atom. The maximum absolute atomic E-state index is 13.5. The maximum atomic E-state index is 13.5. The molecule has 122 valence electrons. The van der Waals surface area contributed by atoms with Gasteiger partial charge in [0.05, 0.1) is 0 Å². The van der Waals surface area contributed by atoms with E-state index in [1.165, 1.54) is 18.2 Å². The zero-order valence-corrected chi connectivity index (χ0v) is 12.9. The van der Waals surface area contributed by atoms with Crippen molar-refractivity contribution >= 4 is 22.8 Å². The Morgan fingerprint density at radius 2 is 1.88 bits per heavy atom. The summed E-state index contributed by atoms with van der Waals surface area (Å²) in [5, 5.41) is 12.4. The van der Waals surface area contributed by atoms with Crippen LogP contribution >= 0.6 is 0 Å². The van der Waals surface area contributed by atoms with Gasteiger partial charge < -0.3 is 15.4 Å². The van der Waals surface area contributed by atoms with Gasteiger partial charge in [-0.05, 0) is 37.3 Å². The highest BCUT2D eigenvalue weighted by molar-refractivity contribution is 5.98. The van der Waals surface area contributed by atoms with Crippen molar-refractivity contribution in [1.82, 2.24) is 10.3 Å². The number of benzene rings is 2. The highest BCUT2D eigenvalue weighted by Crippen LogP contribution is 2.23. The van der Waals surface area contributed by atoms with Crippen LogP contribution in [0.4, 0.5) is 4.39 Å². The van der Waals surface area contributed by atoms with E-state index in [0.29, 0.717) is 22.0 Å². The topological polar surface area (TPSA) is 82.2 Å². The number of rotatable bonds is 4. The maximum Gasteiger partial charge on any atom is 0.352 e. The molecule has 0 aliphatic rings. The lowest BCUT2D eigenvalue weighted by molar-refractivity contribution is 0.0689. The van der Waals surface area contributed by atoms with Crippen LogP contribution in [0.2, 0.25) is 0 Å². The third-order valence-electron chi connectivity index (χ3n) is 3.82. The summed E-state index contributed by atoms with van der Waals surface area (Å²) >= 11 is 0. The number of aromatic amines is 1. The molecule has 2 aromatic carbocycles. The Hall–Kier alpha value is -3.15. The first-order chi connectivity index (χ1) is 11.5. The van der Waals surface area contributed by atoms with E-state index in [1.807, 2.05) is 19.1 Å². The minimum absolute atomic E-state index is 0.0161. The number of hydrogen-bond donors (Lipinski definition) is 3. The average Bonchev–Trinajstić information content (AvgIpc) is 2.91. The first-order valence-electron chi connectivity index (χ1n) is 7.34. The van der Waals surface area contributed by atoms with Crippen LogP contribution in [0.15, 0.2) is 42.5 Å². The minimum atomic E-state index is -1.16. The molecule has 5 nitrogen and oxygen atoms in total. The number of hydrogen-bond acceptors (Lipinski definition) is 2. The molecule has 1 amide bonds. The summed E-state index contributed by atoms with van der Waals surface area (Å²) in [5.74, 6) is -1.95. The van der Waals surface area contributed by atoms with Crippen LogP contribution in [0.3, 0.4) is 0 Å². The van der Waals surface area contributed by atoms with Crippen LogP contribution < -0.4 is 5.32 Å². The van der Waals surface area contributed by atoms with E-state index >= 15 is 0 Å². The number of aromatic nitrogens is 1. The average molecular weight is 326 g/mol. The summed E-state index contributed by atoms with van der Waals surface area (Å²) in [7, 11) is 0. The number of fused-ring (bicyclic) bond motifs is 1.